The second-order valence-corrected chi connectivity index (χ2v) is 12.1. The Morgan fingerprint density at radius 2 is 1.83 bits per heavy atom. The molecule has 3 rings (SSSR count). The van der Waals surface area contributed by atoms with Crippen LogP contribution < -0.4 is 10.6 Å². The topological polar surface area (TPSA) is 154 Å². The summed E-state index contributed by atoms with van der Waals surface area (Å²) in [7, 11) is -2.66. The number of methoxy groups -OCH3 is 1. The van der Waals surface area contributed by atoms with Gasteiger partial charge in [0.2, 0.25) is 5.91 Å². The minimum Gasteiger partial charge on any atom is -0.453 e. The highest BCUT2D eigenvalue weighted by Gasteiger charge is 2.23. The summed E-state index contributed by atoms with van der Waals surface area (Å²) < 4.78 is 34.2. The first kappa shape index (κ1) is 32.0. The van der Waals surface area contributed by atoms with Crippen LogP contribution in [0, 0.1) is 0 Å². The molecule has 2 aromatic heterocycles. The Kier molecular flexibility index (Phi) is 11.6. The van der Waals surface area contributed by atoms with Crippen LogP contribution in [-0.4, -0.2) is 54.6 Å². The van der Waals surface area contributed by atoms with Crippen LogP contribution in [0.15, 0.2) is 54.9 Å². The van der Waals surface area contributed by atoms with Gasteiger partial charge in [-0.05, 0) is 60.9 Å². The van der Waals surface area contributed by atoms with Crippen LogP contribution in [0.2, 0.25) is 5.02 Å². The van der Waals surface area contributed by atoms with Crippen molar-refractivity contribution >= 4 is 62.0 Å². The summed E-state index contributed by atoms with van der Waals surface area (Å²) in [4.78, 5) is 44.3. The van der Waals surface area contributed by atoms with E-state index < -0.39 is 22.3 Å². The number of halogens is 1. The molecule has 3 aromatic rings. The summed E-state index contributed by atoms with van der Waals surface area (Å²) >= 11 is 7.17. The zero-order chi connectivity index (χ0) is 30.0. The number of carbonyl (C=O) groups is 3. The average molecular weight is 621 g/mol. The molecule has 0 bridgehead atoms. The van der Waals surface area contributed by atoms with Crippen LogP contribution in [-0.2, 0) is 28.6 Å². The molecule has 0 aliphatic rings. The van der Waals surface area contributed by atoms with E-state index >= 15 is 0 Å². The lowest BCUT2D eigenvalue weighted by molar-refractivity contribution is -0.116. The molecule has 218 valence electrons. The number of nitrogens with zero attached hydrogens (tertiary/aromatic N) is 2. The monoisotopic (exact) mass is 620 g/mol. The number of carbonyl (C=O) groups excluding carboxylic acids is 3. The van der Waals surface area contributed by atoms with E-state index in [1.807, 2.05) is 0 Å². The summed E-state index contributed by atoms with van der Waals surface area (Å²) in [6.45, 7) is 1.50. The van der Waals surface area contributed by atoms with Crippen LogP contribution in [0.25, 0.3) is 11.3 Å². The highest BCUT2D eigenvalue weighted by Crippen LogP contribution is 2.34. The Morgan fingerprint density at radius 3 is 2.49 bits per heavy atom. The summed E-state index contributed by atoms with van der Waals surface area (Å²) in [6, 6.07) is 11.2. The number of amides is 2. The van der Waals surface area contributed by atoms with Gasteiger partial charge in [-0.2, -0.15) is 8.42 Å². The van der Waals surface area contributed by atoms with E-state index in [0.717, 1.165) is 6.26 Å². The number of aromatic nitrogens is 2. The third-order valence-electron chi connectivity index (χ3n) is 5.48. The van der Waals surface area contributed by atoms with Crippen LogP contribution >= 0.6 is 23.4 Å². The van der Waals surface area contributed by atoms with Gasteiger partial charge in [0.1, 0.15) is 6.10 Å². The van der Waals surface area contributed by atoms with Crippen molar-refractivity contribution in [2.45, 2.75) is 32.3 Å². The Morgan fingerprint density at radius 1 is 1.05 bits per heavy atom. The van der Waals surface area contributed by atoms with Gasteiger partial charge in [0, 0.05) is 42.7 Å². The minimum atomic E-state index is -3.89. The molecule has 2 amide bonds. The number of pyridine rings is 2. The Balaban J connectivity index is 1.95. The number of thioether (sulfide) groups is 1. The Hall–Kier alpha value is -3.52. The second kappa shape index (κ2) is 14.9. The van der Waals surface area contributed by atoms with Gasteiger partial charge in [-0.1, -0.05) is 23.4 Å². The number of hydrogen-bond donors (Lipinski definition) is 2. The molecular formula is C27H29ClN4O7S2. The largest absolute Gasteiger partial charge is 0.453 e. The van der Waals surface area contributed by atoms with E-state index in [1.54, 1.807) is 42.5 Å². The third-order valence-corrected chi connectivity index (χ3v) is 7.15. The van der Waals surface area contributed by atoms with E-state index in [1.165, 1.54) is 38.2 Å². The lowest BCUT2D eigenvalue weighted by atomic mass is 10.0. The van der Waals surface area contributed by atoms with E-state index in [2.05, 4.69) is 25.3 Å². The number of ether oxygens (including phenoxy) is 1. The van der Waals surface area contributed by atoms with Gasteiger partial charge in [0.15, 0.2) is 5.12 Å². The first-order chi connectivity index (χ1) is 19.4. The van der Waals surface area contributed by atoms with Gasteiger partial charge in [-0.25, -0.2) is 4.79 Å². The molecular weight excluding hydrogens is 592 g/mol. The zero-order valence-electron chi connectivity index (χ0n) is 22.5. The Labute approximate surface area is 247 Å². The fraction of sp³-hybridized carbons (Fsp3) is 0.296. The maximum absolute atomic E-state index is 12.8. The van der Waals surface area contributed by atoms with Crippen molar-refractivity contribution < 1.29 is 31.7 Å². The predicted molar refractivity (Wildman–Crippen MR) is 158 cm³/mol. The molecule has 1 unspecified atom stereocenters. The van der Waals surface area contributed by atoms with Gasteiger partial charge in [-0.3, -0.25) is 29.1 Å². The normalized spacial score (nSPS) is 11.9. The second-order valence-electron chi connectivity index (χ2n) is 8.78. The Bertz CT molecular complexity index is 1500. The van der Waals surface area contributed by atoms with Crippen molar-refractivity contribution in [1.82, 2.24) is 9.97 Å². The van der Waals surface area contributed by atoms with E-state index in [9.17, 15) is 22.8 Å². The molecule has 11 nitrogen and oxygen atoms in total. The highest BCUT2D eigenvalue weighted by atomic mass is 35.5. The molecule has 0 fully saturated rings. The molecule has 1 atom stereocenters. The third kappa shape index (κ3) is 10.4. The predicted octanol–water partition coefficient (Wildman–Crippen LogP) is 5.43. The number of benzene rings is 1. The van der Waals surface area contributed by atoms with Crippen molar-refractivity contribution in [1.29, 1.82) is 0 Å². The van der Waals surface area contributed by atoms with E-state index in [4.69, 9.17) is 15.8 Å². The maximum atomic E-state index is 12.8. The number of anilines is 2. The van der Waals surface area contributed by atoms with Crippen LogP contribution in [0.1, 0.15) is 43.5 Å². The van der Waals surface area contributed by atoms with Crippen molar-refractivity contribution in [2.75, 3.05) is 29.8 Å². The highest BCUT2D eigenvalue weighted by molar-refractivity contribution is 8.13. The molecule has 0 saturated carbocycles. The minimum absolute atomic E-state index is 0.0276. The molecule has 0 radical (unpaired) electrons. The van der Waals surface area contributed by atoms with Gasteiger partial charge in [-0.15, -0.1) is 0 Å². The number of unbranched alkanes of at least 4 members (excludes halogenated alkanes) is 1. The van der Waals surface area contributed by atoms with E-state index in [-0.39, 0.29) is 17.4 Å². The molecule has 2 heterocycles. The quantitative estimate of drug-likeness (QED) is 0.198. The lowest BCUT2D eigenvalue weighted by Crippen LogP contribution is -2.15. The number of nitrogens with one attached hydrogen (secondary N) is 2. The maximum Gasteiger partial charge on any atom is 0.411 e. The molecule has 0 spiro atoms. The van der Waals surface area contributed by atoms with Crippen molar-refractivity contribution in [3.8, 4) is 11.3 Å². The first-order valence-corrected chi connectivity index (χ1v) is 15.5. The van der Waals surface area contributed by atoms with Crippen LogP contribution in [0.3, 0.4) is 0 Å². The molecule has 41 heavy (non-hydrogen) atoms. The first-order valence-electron chi connectivity index (χ1n) is 12.3. The van der Waals surface area contributed by atoms with Gasteiger partial charge in [0.25, 0.3) is 10.1 Å². The lowest BCUT2D eigenvalue weighted by Gasteiger charge is -2.18. The number of rotatable bonds is 12. The summed E-state index contributed by atoms with van der Waals surface area (Å²) in [5, 5.41) is 5.83. The summed E-state index contributed by atoms with van der Waals surface area (Å²) in [5.41, 5.74) is 2.38. The van der Waals surface area contributed by atoms with Crippen molar-refractivity contribution in [3.63, 3.8) is 0 Å². The molecule has 1 aromatic carbocycles. The number of hydrogen-bond acceptors (Lipinski definition) is 10. The SMILES string of the molecule is COC(=O)Nc1ccc(-c2cc(C(OS(C)(=O)=O)c3ccc(Cl)cn3)ccn2)c(NC(=O)CCCCSC(C)=O)c1. The van der Waals surface area contributed by atoms with Crippen molar-refractivity contribution in [2.24, 2.45) is 0 Å². The summed E-state index contributed by atoms with van der Waals surface area (Å²) in [5.74, 6) is 0.358. The fourth-order valence-corrected chi connectivity index (χ4v) is 4.99. The zero-order valence-corrected chi connectivity index (χ0v) is 24.9. The van der Waals surface area contributed by atoms with Crippen LogP contribution in [0.5, 0.6) is 0 Å². The standard InChI is InChI=1S/C27H29ClN4O7S2/c1-17(33)40-13-5-4-6-25(34)32-24-15-20(31-27(35)38-2)8-9-21(24)23-14-18(11-12-29-23)26(39-41(3,36)37)22-10-7-19(28)16-30-22/h7-12,14-16,26H,4-6,13H2,1-3H3,(H,31,35)(H,32,34). The van der Waals surface area contributed by atoms with E-state index in [0.29, 0.717) is 57.5 Å². The fourth-order valence-electron chi connectivity index (χ4n) is 3.68. The average Bonchev–Trinajstić information content (AvgIpc) is 2.91. The summed E-state index contributed by atoms with van der Waals surface area (Å²) in [6.07, 6.45) is 3.52. The molecule has 2 N–H and O–H groups in total. The van der Waals surface area contributed by atoms with Gasteiger partial charge >= 0.3 is 6.09 Å². The molecule has 0 aliphatic heterocycles. The smallest absolute Gasteiger partial charge is 0.411 e. The van der Waals surface area contributed by atoms with Gasteiger partial charge < -0.3 is 10.1 Å². The van der Waals surface area contributed by atoms with Crippen LogP contribution in [0.4, 0.5) is 16.2 Å². The molecule has 0 aliphatic carbocycles. The molecule has 0 saturated heterocycles. The van der Waals surface area contributed by atoms with Crippen molar-refractivity contribution in [3.05, 3.63) is 71.1 Å². The van der Waals surface area contributed by atoms with Gasteiger partial charge in [0.05, 0.1) is 35.5 Å². The molecule has 14 heteroatoms.